The molecule has 1 aromatic rings. The fourth-order valence-electron chi connectivity index (χ4n) is 2.42. The Labute approximate surface area is 126 Å². The van der Waals surface area contributed by atoms with Crippen LogP contribution in [-0.2, 0) is 11.3 Å². The van der Waals surface area contributed by atoms with Crippen LogP contribution >= 0.6 is 22.9 Å². The van der Waals surface area contributed by atoms with Crippen molar-refractivity contribution in [1.29, 1.82) is 0 Å². The van der Waals surface area contributed by atoms with Gasteiger partial charge < -0.3 is 14.9 Å². The smallest absolute Gasteiger partial charge is 0.320 e. The number of nitrogens with zero attached hydrogens (tertiary/aromatic N) is 2. The number of carboxylic acids is 1. The van der Waals surface area contributed by atoms with Crippen molar-refractivity contribution < 1.29 is 14.7 Å². The van der Waals surface area contributed by atoms with Gasteiger partial charge in [-0.2, -0.15) is 0 Å². The van der Waals surface area contributed by atoms with E-state index in [1.807, 2.05) is 13.0 Å². The summed E-state index contributed by atoms with van der Waals surface area (Å²) < 4.78 is 0.696. The van der Waals surface area contributed by atoms with Gasteiger partial charge in [-0.15, -0.1) is 11.3 Å². The van der Waals surface area contributed by atoms with Crippen LogP contribution in [0.15, 0.2) is 12.1 Å². The summed E-state index contributed by atoms with van der Waals surface area (Å²) >= 11 is 7.30. The third kappa shape index (κ3) is 3.24. The third-order valence-electron chi connectivity index (χ3n) is 3.55. The zero-order valence-electron chi connectivity index (χ0n) is 11.4. The number of hydrogen-bond donors (Lipinski definition) is 1. The number of hydrogen-bond acceptors (Lipinski definition) is 3. The van der Waals surface area contributed by atoms with E-state index in [0.717, 1.165) is 4.88 Å². The number of urea groups is 1. The molecule has 2 heterocycles. The van der Waals surface area contributed by atoms with Crippen molar-refractivity contribution in [1.82, 2.24) is 9.80 Å². The fraction of sp³-hybridized carbons (Fsp3) is 0.538. The van der Waals surface area contributed by atoms with Crippen molar-refractivity contribution in [2.45, 2.75) is 13.5 Å². The normalized spacial score (nSPS) is 22.1. The zero-order valence-corrected chi connectivity index (χ0v) is 12.9. The number of likely N-dealkylation sites (tertiary alicyclic amines) is 1. The van der Waals surface area contributed by atoms with Crippen molar-refractivity contribution in [3.05, 3.63) is 21.3 Å². The maximum absolute atomic E-state index is 12.3. The molecule has 0 bridgehead atoms. The van der Waals surface area contributed by atoms with Gasteiger partial charge in [0, 0.05) is 25.0 Å². The highest BCUT2D eigenvalue weighted by molar-refractivity contribution is 7.16. The predicted octanol–water partition coefficient (Wildman–Crippen LogP) is 2.61. The lowest BCUT2D eigenvalue weighted by Crippen LogP contribution is -2.39. The van der Waals surface area contributed by atoms with Crippen molar-refractivity contribution in [2.75, 3.05) is 20.1 Å². The average Bonchev–Trinajstić information content (AvgIpc) is 2.94. The van der Waals surface area contributed by atoms with Crippen molar-refractivity contribution >= 4 is 34.9 Å². The molecule has 7 heteroatoms. The summed E-state index contributed by atoms with van der Waals surface area (Å²) in [6.45, 7) is 3.13. The van der Waals surface area contributed by atoms with E-state index < -0.39 is 11.9 Å². The lowest BCUT2D eigenvalue weighted by molar-refractivity contribution is -0.142. The van der Waals surface area contributed by atoms with E-state index >= 15 is 0 Å². The summed E-state index contributed by atoms with van der Waals surface area (Å²) in [5, 5.41) is 9.10. The summed E-state index contributed by atoms with van der Waals surface area (Å²) in [6, 6.07) is 3.56. The molecular formula is C13H17ClN2O3S. The van der Waals surface area contributed by atoms with Crippen LogP contribution < -0.4 is 0 Å². The molecule has 20 heavy (non-hydrogen) atoms. The molecule has 0 spiro atoms. The minimum absolute atomic E-state index is 0.0129. The Morgan fingerprint density at radius 3 is 2.70 bits per heavy atom. The second-order valence-electron chi connectivity index (χ2n) is 5.17. The third-order valence-corrected chi connectivity index (χ3v) is 4.76. The van der Waals surface area contributed by atoms with Gasteiger partial charge in [0.05, 0.1) is 16.8 Å². The van der Waals surface area contributed by atoms with E-state index in [4.69, 9.17) is 16.7 Å². The molecule has 2 atom stereocenters. The Kier molecular flexibility index (Phi) is 4.55. The van der Waals surface area contributed by atoms with E-state index in [1.165, 1.54) is 11.3 Å². The molecule has 1 N–H and O–H groups in total. The van der Waals surface area contributed by atoms with Crippen LogP contribution in [0.5, 0.6) is 0 Å². The Morgan fingerprint density at radius 2 is 2.20 bits per heavy atom. The lowest BCUT2D eigenvalue weighted by Gasteiger charge is -2.24. The molecule has 1 aromatic heterocycles. The van der Waals surface area contributed by atoms with Crippen LogP contribution in [0, 0.1) is 11.8 Å². The lowest BCUT2D eigenvalue weighted by atomic mass is 9.99. The van der Waals surface area contributed by atoms with Gasteiger partial charge in [0.15, 0.2) is 0 Å². The highest BCUT2D eigenvalue weighted by Crippen LogP contribution is 2.26. The van der Waals surface area contributed by atoms with Crippen molar-refractivity contribution in [2.24, 2.45) is 11.8 Å². The standard InChI is InChI=1S/C13H17ClN2O3S/c1-8-5-16(7-10(8)12(17)18)13(19)15(2)6-9-3-4-11(14)20-9/h3-4,8,10H,5-7H2,1-2H3,(H,17,18). The van der Waals surface area contributed by atoms with Crippen molar-refractivity contribution in [3.8, 4) is 0 Å². The number of carboxylic acid groups (broad SMARTS) is 1. The maximum Gasteiger partial charge on any atom is 0.320 e. The Bertz CT molecular complexity index is 519. The fourth-order valence-corrected chi connectivity index (χ4v) is 3.57. The molecule has 1 fully saturated rings. The first-order valence-electron chi connectivity index (χ1n) is 6.35. The first-order chi connectivity index (χ1) is 9.38. The molecule has 0 aromatic carbocycles. The van der Waals surface area contributed by atoms with Crippen LogP contribution in [0.25, 0.3) is 0 Å². The van der Waals surface area contributed by atoms with Crippen LogP contribution in [-0.4, -0.2) is 47.0 Å². The van der Waals surface area contributed by atoms with Gasteiger partial charge in [0.2, 0.25) is 0 Å². The zero-order chi connectivity index (χ0) is 14.9. The van der Waals surface area contributed by atoms with E-state index in [9.17, 15) is 9.59 Å². The maximum atomic E-state index is 12.3. The van der Waals surface area contributed by atoms with E-state index in [1.54, 1.807) is 22.9 Å². The molecule has 0 saturated carbocycles. The number of aliphatic carboxylic acids is 1. The summed E-state index contributed by atoms with van der Waals surface area (Å²) in [4.78, 5) is 27.6. The monoisotopic (exact) mass is 316 g/mol. The number of carbonyl (C=O) groups excluding carboxylic acids is 1. The van der Waals surface area contributed by atoms with Gasteiger partial charge in [0.25, 0.3) is 0 Å². The van der Waals surface area contributed by atoms with Gasteiger partial charge >= 0.3 is 12.0 Å². The second-order valence-corrected chi connectivity index (χ2v) is 6.97. The van der Waals surface area contributed by atoms with E-state index in [2.05, 4.69) is 0 Å². The molecule has 5 nitrogen and oxygen atoms in total. The van der Waals surface area contributed by atoms with Gasteiger partial charge in [-0.05, 0) is 18.1 Å². The van der Waals surface area contributed by atoms with Gasteiger partial charge in [-0.25, -0.2) is 4.79 Å². The number of amides is 2. The second kappa shape index (κ2) is 6.01. The molecule has 1 saturated heterocycles. The molecule has 110 valence electrons. The van der Waals surface area contributed by atoms with Crippen LogP contribution in [0.4, 0.5) is 4.79 Å². The molecule has 0 aliphatic carbocycles. The van der Waals surface area contributed by atoms with E-state index in [0.29, 0.717) is 17.4 Å². The Hall–Kier alpha value is -1.27. The molecule has 2 amide bonds. The number of rotatable bonds is 3. The number of thiophene rings is 1. The number of carbonyl (C=O) groups is 2. The summed E-state index contributed by atoms with van der Waals surface area (Å²) in [5.74, 6) is -1.31. The summed E-state index contributed by atoms with van der Waals surface area (Å²) in [5.41, 5.74) is 0. The molecule has 0 radical (unpaired) electrons. The quantitative estimate of drug-likeness (QED) is 0.932. The molecule has 1 aliphatic heterocycles. The largest absolute Gasteiger partial charge is 0.481 e. The van der Waals surface area contributed by atoms with Gasteiger partial charge in [0.1, 0.15) is 0 Å². The minimum Gasteiger partial charge on any atom is -0.481 e. The highest BCUT2D eigenvalue weighted by atomic mass is 35.5. The summed E-state index contributed by atoms with van der Waals surface area (Å²) in [7, 11) is 1.72. The SMILES string of the molecule is CC1CN(C(=O)N(C)Cc2ccc(Cl)s2)CC1C(=O)O. The topological polar surface area (TPSA) is 60.9 Å². The molecule has 1 aliphatic rings. The molecular weight excluding hydrogens is 300 g/mol. The minimum atomic E-state index is -0.833. The highest BCUT2D eigenvalue weighted by Gasteiger charge is 2.37. The van der Waals surface area contributed by atoms with Gasteiger partial charge in [-0.3, -0.25) is 4.79 Å². The average molecular weight is 317 g/mol. The van der Waals surface area contributed by atoms with Crippen LogP contribution in [0.2, 0.25) is 4.34 Å². The molecule has 2 rings (SSSR count). The van der Waals surface area contributed by atoms with Gasteiger partial charge in [-0.1, -0.05) is 18.5 Å². The first kappa shape index (κ1) is 15.1. The first-order valence-corrected chi connectivity index (χ1v) is 7.55. The van der Waals surface area contributed by atoms with Crippen molar-refractivity contribution in [3.63, 3.8) is 0 Å². The Balaban J connectivity index is 1.96. The van der Waals surface area contributed by atoms with Crippen LogP contribution in [0.1, 0.15) is 11.8 Å². The summed E-state index contributed by atoms with van der Waals surface area (Å²) in [6.07, 6.45) is 0. The van der Waals surface area contributed by atoms with Crippen LogP contribution in [0.3, 0.4) is 0 Å². The molecule has 2 unspecified atom stereocenters. The Morgan fingerprint density at radius 1 is 1.50 bits per heavy atom. The van der Waals surface area contributed by atoms with E-state index in [-0.39, 0.29) is 18.5 Å². The number of halogens is 1. The predicted molar refractivity (Wildman–Crippen MR) is 78.1 cm³/mol.